The van der Waals surface area contributed by atoms with Crippen molar-refractivity contribution in [2.45, 2.75) is 26.5 Å². The van der Waals surface area contributed by atoms with Gasteiger partial charge in [-0.2, -0.15) is 4.98 Å². The molecule has 1 unspecified atom stereocenters. The van der Waals surface area contributed by atoms with E-state index in [0.29, 0.717) is 5.76 Å². The maximum absolute atomic E-state index is 12.9. The van der Waals surface area contributed by atoms with Crippen LogP contribution in [-0.4, -0.2) is 21.7 Å². The number of anilines is 1. The third kappa shape index (κ3) is 3.88. The maximum atomic E-state index is 12.9. The highest BCUT2D eigenvalue weighted by Gasteiger charge is 2.34. The van der Waals surface area contributed by atoms with Crippen LogP contribution in [0, 0.1) is 5.82 Å². The van der Waals surface area contributed by atoms with E-state index in [0.717, 1.165) is 6.20 Å². The van der Waals surface area contributed by atoms with E-state index in [4.69, 9.17) is 20.9 Å². The van der Waals surface area contributed by atoms with Gasteiger partial charge in [-0.15, -0.1) is 0 Å². The highest BCUT2D eigenvalue weighted by atomic mass is 19.1. The van der Waals surface area contributed by atoms with Crippen molar-refractivity contribution in [1.29, 1.82) is 0 Å². The number of halogens is 1. The minimum absolute atomic E-state index is 0.320. The van der Waals surface area contributed by atoms with Crippen LogP contribution in [0.5, 0.6) is 6.01 Å². The quantitative estimate of drug-likeness (QED) is 0.470. The topological polar surface area (TPSA) is 113 Å². The molecule has 1 heterocycles. The first-order chi connectivity index (χ1) is 8.76. The molecule has 104 valence electrons. The Morgan fingerprint density at radius 3 is 2.74 bits per heavy atom. The molecule has 8 heteroatoms. The summed E-state index contributed by atoms with van der Waals surface area (Å²) in [5.74, 6) is -1.67. The summed E-state index contributed by atoms with van der Waals surface area (Å²) >= 11 is 0. The minimum atomic E-state index is -1.82. The summed E-state index contributed by atoms with van der Waals surface area (Å²) in [7, 11) is 0. The van der Waals surface area contributed by atoms with Gasteiger partial charge in [-0.3, -0.25) is 5.73 Å². The molecule has 4 N–H and O–H groups in total. The van der Waals surface area contributed by atoms with Crippen molar-refractivity contribution in [1.82, 2.24) is 9.97 Å². The number of hydrogen-bond acceptors (Lipinski definition) is 7. The van der Waals surface area contributed by atoms with Gasteiger partial charge in [0.15, 0.2) is 11.6 Å². The number of aromatic nitrogens is 2. The van der Waals surface area contributed by atoms with Crippen LogP contribution >= 0.6 is 0 Å². The number of ether oxygens (including phenoxy) is 2. The predicted molar refractivity (Wildman–Crippen MR) is 65.1 cm³/mol. The number of nitrogen functional groups attached to an aromatic ring is 1. The second kappa shape index (κ2) is 5.61. The lowest BCUT2D eigenvalue weighted by Crippen LogP contribution is -2.51. The molecule has 0 aliphatic rings. The summed E-state index contributed by atoms with van der Waals surface area (Å²) in [5.41, 5.74) is 9.07. The van der Waals surface area contributed by atoms with Crippen molar-refractivity contribution in [2.75, 3.05) is 5.73 Å². The summed E-state index contributed by atoms with van der Waals surface area (Å²) in [5, 5.41) is 0. The first-order valence-electron chi connectivity index (χ1n) is 5.37. The second-order valence-electron chi connectivity index (χ2n) is 3.88. The molecule has 0 saturated carbocycles. The monoisotopic (exact) mass is 270 g/mol. The zero-order valence-corrected chi connectivity index (χ0v) is 10.8. The number of carbonyl (C=O) groups excluding carboxylic acids is 1. The molecule has 0 aliphatic carbocycles. The Morgan fingerprint density at radius 2 is 2.21 bits per heavy atom. The number of nitrogens with two attached hydrogens (primary N) is 2. The van der Waals surface area contributed by atoms with E-state index in [1.54, 1.807) is 19.9 Å². The molecule has 0 spiro atoms. The van der Waals surface area contributed by atoms with Gasteiger partial charge in [-0.25, -0.2) is 14.2 Å². The Morgan fingerprint density at radius 1 is 1.58 bits per heavy atom. The van der Waals surface area contributed by atoms with Gasteiger partial charge in [-0.1, -0.05) is 0 Å². The Labute approximate surface area is 109 Å². The smallest absolute Gasteiger partial charge is 0.370 e. The van der Waals surface area contributed by atoms with Gasteiger partial charge in [0.25, 0.3) is 5.72 Å². The number of allylic oxidation sites excluding steroid dienone is 2. The van der Waals surface area contributed by atoms with E-state index < -0.39 is 23.3 Å². The zero-order chi connectivity index (χ0) is 14.6. The van der Waals surface area contributed by atoms with Gasteiger partial charge < -0.3 is 15.2 Å². The van der Waals surface area contributed by atoms with E-state index in [1.165, 1.54) is 6.92 Å². The lowest BCUT2D eigenvalue weighted by molar-refractivity contribution is -0.156. The average Bonchev–Trinajstić information content (AvgIpc) is 2.33. The van der Waals surface area contributed by atoms with E-state index >= 15 is 0 Å². The first-order valence-corrected chi connectivity index (χ1v) is 5.37. The van der Waals surface area contributed by atoms with Crippen LogP contribution in [0.1, 0.15) is 20.8 Å². The summed E-state index contributed by atoms with van der Waals surface area (Å²) in [6, 6.07) is -0.320. The average molecular weight is 270 g/mol. The number of carbonyl (C=O) groups is 1. The molecule has 1 rings (SSSR count). The van der Waals surface area contributed by atoms with Crippen LogP contribution in [0.3, 0.4) is 0 Å². The van der Waals surface area contributed by atoms with Crippen molar-refractivity contribution >= 4 is 11.8 Å². The molecule has 0 aliphatic heterocycles. The number of rotatable bonds is 4. The third-order valence-corrected chi connectivity index (χ3v) is 2.12. The number of esters is 1. The van der Waals surface area contributed by atoms with E-state index in [1.807, 2.05) is 0 Å². The minimum Gasteiger partial charge on any atom is -0.430 e. The van der Waals surface area contributed by atoms with Crippen molar-refractivity contribution in [3.63, 3.8) is 0 Å². The van der Waals surface area contributed by atoms with Gasteiger partial charge in [0.1, 0.15) is 5.76 Å². The highest BCUT2D eigenvalue weighted by Crippen LogP contribution is 2.15. The molecule has 1 aromatic heterocycles. The molecule has 0 saturated heterocycles. The van der Waals surface area contributed by atoms with Gasteiger partial charge in [-0.05, 0) is 19.9 Å². The van der Waals surface area contributed by atoms with Crippen LogP contribution in [0.4, 0.5) is 10.2 Å². The van der Waals surface area contributed by atoms with E-state index in [-0.39, 0.29) is 6.01 Å². The molecule has 0 radical (unpaired) electrons. The van der Waals surface area contributed by atoms with Crippen molar-refractivity contribution in [3.8, 4) is 6.01 Å². The SMILES string of the molecule is C/C=C(\C)OC(=O)C(C)(N)Oc1ncc(F)c(N)n1. The van der Waals surface area contributed by atoms with Gasteiger partial charge >= 0.3 is 12.0 Å². The van der Waals surface area contributed by atoms with Gasteiger partial charge in [0.05, 0.1) is 6.20 Å². The molecule has 0 bridgehead atoms. The second-order valence-corrected chi connectivity index (χ2v) is 3.88. The molecular weight excluding hydrogens is 255 g/mol. The number of nitrogens with zero attached hydrogens (tertiary/aromatic N) is 2. The maximum Gasteiger partial charge on any atom is 0.370 e. The fourth-order valence-electron chi connectivity index (χ4n) is 0.950. The Balaban J connectivity index is 2.83. The highest BCUT2D eigenvalue weighted by molar-refractivity contribution is 5.79. The van der Waals surface area contributed by atoms with Crippen LogP contribution in [0.2, 0.25) is 0 Å². The molecule has 19 heavy (non-hydrogen) atoms. The predicted octanol–water partition coefficient (Wildman–Crippen LogP) is 0.719. The van der Waals surface area contributed by atoms with Crippen molar-refractivity contribution in [3.05, 3.63) is 23.8 Å². The normalized spacial score (nSPS) is 14.7. The van der Waals surface area contributed by atoms with Crippen LogP contribution < -0.4 is 16.2 Å². The summed E-state index contributed by atoms with van der Waals surface area (Å²) in [6.07, 6.45) is 2.40. The zero-order valence-electron chi connectivity index (χ0n) is 10.8. The summed E-state index contributed by atoms with van der Waals surface area (Å²) < 4.78 is 22.8. The third-order valence-electron chi connectivity index (χ3n) is 2.12. The molecule has 0 amide bonds. The molecule has 7 nitrogen and oxygen atoms in total. The van der Waals surface area contributed by atoms with Crippen LogP contribution in [-0.2, 0) is 9.53 Å². The van der Waals surface area contributed by atoms with Gasteiger partial charge in [0, 0.05) is 6.92 Å². The molecular formula is C11H15FN4O3. The Kier molecular flexibility index (Phi) is 4.38. The molecule has 1 aromatic rings. The van der Waals surface area contributed by atoms with Crippen LogP contribution in [0.25, 0.3) is 0 Å². The van der Waals surface area contributed by atoms with E-state index in [9.17, 15) is 9.18 Å². The van der Waals surface area contributed by atoms with Crippen molar-refractivity contribution < 1.29 is 18.7 Å². The fraction of sp³-hybridized carbons (Fsp3) is 0.364. The Bertz CT molecular complexity index is 517. The van der Waals surface area contributed by atoms with Crippen molar-refractivity contribution in [2.24, 2.45) is 5.73 Å². The molecule has 1 atom stereocenters. The summed E-state index contributed by atoms with van der Waals surface area (Å²) in [4.78, 5) is 18.7. The van der Waals surface area contributed by atoms with Gasteiger partial charge in [0.2, 0.25) is 0 Å². The largest absolute Gasteiger partial charge is 0.430 e. The fourth-order valence-corrected chi connectivity index (χ4v) is 0.950. The lowest BCUT2D eigenvalue weighted by atomic mass is 10.3. The lowest BCUT2D eigenvalue weighted by Gasteiger charge is -2.22. The molecule has 0 aromatic carbocycles. The molecule has 0 fully saturated rings. The Hall–Kier alpha value is -2.22. The van der Waals surface area contributed by atoms with E-state index in [2.05, 4.69) is 9.97 Å². The summed E-state index contributed by atoms with van der Waals surface area (Å²) in [6.45, 7) is 4.54. The standard InChI is InChI=1S/C11H15FN4O3/c1-4-6(2)18-9(17)11(3,14)19-10-15-5-7(12)8(13)16-10/h4-5H,14H2,1-3H3,(H2,13,15,16)/b6-4+. The first kappa shape index (κ1) is 14.8. The number of hydrogen-bond donors (Lipinski definition) is 2. The van der Waals surface area contributed by atoms with Crippen LogP contribution in [0.15, 0.2) is 18.0 Å².